The fourth-order valence-electron chi connectivity index (χ4n) is 2.62. The van der Waals surface area contributed by atoms with Crippen molar-refractivity contribution in [3.8, 4) is 17.2 Å². The normalized spacial score (nSPS) is 10.7. The second-order valence-corrected chi connectivity index (χ2v) is 6.86. The standard InChI is InChI=1S/C22H12Cl2O5/c23-14-7-5-13(6-8-14)22(26)28-15-9-10-16-19(11-15)27-12-20(21(16)25)29-18-4-2-1-3-17(18)24/h1-12H. The predicted molar refractivity (Wildman–Crippen MR) is 110 cm³/mol. The van der Waals surface area contributed by atoms with E-state index >= 15 is 0 Å². The Morgan fingerprint density at radius 2 is 1.66 bits per heavy atom. The minimum Gasteiger partial charge on any atom is -0.460 e. The summed E-state index contributed by atoms with van der Waals surface area (Å²) in [6.45, 7) is 0. The summed E-state index contributed by atoms with van der Waals surface area (Å²) in [5.41, 5.74) is 0.226. The van der Waals surface area contributed by atoms with Gasteiger partial charge >= 0.3 is 5.97 Å². The molecule has 0 bridgehead atoms. The van der Waals surface area contributed by atoms with Crippen molar-refractivity contribution in [1.82, 2.24) is 0 Å². The van der Waals surface area contributed by atoms with E-state index in [9.17, 15) is 9.59 Å². The Balaban J connectivity index is 1.60. The van der Waals surface area contributed by atoms with Crippen molar-refractivity contribution in [2.75, 3.05) is 0 Å². The van der Waals surface area contributed by atoms with Gasteiger partial charge < -0.3 is 13.9 Å². The van der Waals surface area contributed by atoms with Crippen LogP contribution in [0.25, 0.3) is 11.0 Å². The first-order chi connectivity index (χ1) is 14.0. The van der Waals surface area contributed by atoms with Crippen LogP contribution in [-0.4, -0.2) is 5.97 Å². The van der Waals surface area contributed by atoms with Gasteiger partial charge in [0.2, 0.25) is 11.2 Å². The molecule has 0 spiro atoms. The number of benzene rings is 3. The molecule has 0 radical (unpaired) electrons. The molecule has 0 atom stereocenters. The summed E-state index contributed by atoms with van der Waals surface area (Å²) < 4.78 is 16.4. The second-order valence-electron chi connectivity index (χ2n) is 6.02. The average molecular weight is 427 g/mol. The largest absolute Gasteiger partial charge is 0.460 e. The number of hydrogen-bond acceptors (Lipinski definition) is 5. The molecular formula is C22H12Cl2O5. The summed E-state index contributed by atoms with van der Waals surface area (Å²) in [7, 11) is 0. The van der Waals surface area contributed by atoms with Crippen LogP contribution >= 0.6 is 23.2 Å². The molecule has 29 heavy (non-hydrogen) atoms. The minimum atomic E-state index is -0.554. The van der Waals surface area contributed by atoms with E-state index in [0.717, 1.165) is 0 Å². The van der Waals surface area contributed by atoms with E-state index in [-0.39, 0.29) is 27.9 Å². The zero-order valence-corrected chi connectivity index (χ0v) is 16.2. The van der Waals surface area contributed by atoms with Crippen molar-refractivity contribution in [2.24, 2.45) is 0 Å². The SMILES string of the molecule is O=C(Oc1ccc2c(=O)c(Oc3ccccc3Cl)coc2c1)c1ccc(Cl)cc1. The van der Waals surface area contributed by atoms with Gasteiger partial charge in [-0.2, -0.15) is 0 Å². The third-order valence-corrected chi connectivity index (χ3v) is 4.63. The molecule has 0 amide bonds. The van der Waals surface area contributed by atoms with Crippen LogP contribution in [0.5, 0.6) is 17.2 Å². The predicted octanol–water partition coefficient (Wildman–Crippen LogP) is 6.11. The molecule has 0 saturated carbocycles. The molecule has 0 saturated heterocycles. The monoisotopic (exact) mass is 426 g/mol. The quantitative estimate of drug-likeness (QED) is 0.290. The first kappa shape index (κ1) is 19.1. The van der Waals surface area contributed by atoms with Gasteiger partial charge in [0, 0.05) is 11.1 Å². The van der Waals surface area contributed by atoms with E-state index in [0.29, 0.717) is 21.4 Å². The highest BCUT2D eigenvalue weighted by Crippen LogP contribution is 2.29. The van der Waals surface area contributed by atoms with Gasteiger partial charge in [0.25, 0.3) is 0 Å². The van der Waals surface area contributed by atoms with Crippen molar-refractivity contribution in [3.05, 3.63) is 98.8 Å². The van der Waals surface area contributed by atoms with Crippen LogP contribution in [0, 0.1) is 0 Å². The van der Waals surface area contributed by atoms with Crippen LogP contribution in [-0.2, 0) is 0 Å². The third kappa shape index (κ3) is 4.11. The second kappa shape index (κ2) is 7.99. The molecule has 0 aliphatic rings. The Morgan fingerprint density at radius 1 is 0.897 bits per heavy atom. The topological polar surface area (TPSA) is 65.7 Å². The zero-order chi connectivity index (χ0) is 20.4. The molecule has 0 unspecified atom stereocenters. The number of hydrogen-bond donors (Lipinski definition) is 0. The van der Waals surface area contributed by atoms with E-state index in [4.69, 9.17) is 37.1 Å². The summed E-state index contributed by atoms with van der Waals surface area (Å²) in [6, 6.07) is 17.6. The molecule has 0 aliphatic carbocycles. The molecule has 0 fully saturated rings. The van der Waals surface area contributed by atoms with Crippen LogP contribution in [0.3, 0.4) is 0 Å². The summed E-state index contributed by atoms with van der Waals surface area (Å²) >= 11 is 11.9. The number of carbonyl (C=O) groups excluding carboxylic acids is 1. The number of para-hydroxylation sites is 1. The number of rotatable bonds is 4. The van der Waals surface area contributed by atoms with Crippen molar-refractivity contribution in [1.29, 1.82) is 0 Å². The summed E-state index contributed by atoms with van der Waals surface area (Å²) in [5.74, 6) is 0.0215. The summed E-state index contributed by atoms with van der Waals surface area (Å²) in [4.78, 5) is 24.9. The molecule has 1 heterocycles. The van der Waals surface area contributed by atoms with Crippen molar-refractivity contribution >= 4 is 40.1 Å². The number of fused-ring (bicyclic) bond motifs is 1. The van der Waals surface area contributed by atoms with Gasteiger partial charge in [0.15, 0.2) is 0 Å². The summed E-state index contributed by atoms with van der Waals surface area (Å²) in [6.07, 6.45) is 1.19. The highest BCUT2D eigenvalue weighted by Gasteiger charge is 2.13. The molecule has 1 aromatic heterocycles. The molecular weight excluding hydrogens is 415 g/mol. The van der Waals surface area contributed by atoms with Crippen LogP contribution in [0.4, 0.5) is 0 Å². The maximum atomic E-state index is 12.7. The van der Waals surface area contributed by atoms with Crippen LogP contribution in [0.15, 0.2) is 82.2 Å². The number of esters is 1. The fourth-order valence-corrected chi connectivity index (χ4v) is 2.92. The molecule has 4 rings (SSSR count). The first-order valence-corrected chi connectivity index (χ1v) is 9.22. The highest BCUT2D eigenvalue weighted by atomic mass is 35.5. The lowest BCUT2D eigenvalue weighted by Crippen LogP contribution is -2.09. The molecule has 0 aliphatic heterocycles. The molecule has 3 aromatic carbocycles. The Hall–Kier alpha value is -3.28. The van der Waals surface area contributed by atoms with Crippen molar-refractivity contribution in [3.63, 3.8) is 0 Å². The van der Waals surface area contributed by atoms with Crippen molar-refractivity contribution < 1.29 is 18.7 Å². The Bertz CT molecular complexity index is 1260. The third-order valence-electron chi connectivity index (χ3n) is 4.06. The van der Waals surface area contributed by atoms with E-state index in [1.807, 2.05) is 0 Å². The molecule has 5 nitrogen and oxygen atoms in total. The number of halogens is 2. The van der Waals surface area contributed by atoms with E-state index in [1.54, 1.807) is 48.5 Å². The van der Waals surface area contributed by atoms with E-state index < -0.39 is 5.97 Å². The average Bonchev–Trinajstić information content (AvgIpc) is 2.72. The lowest BCUT2D eigenvalue weighted by atomic mass is 10.2. The van der Waals surface area contributed by atoms with Crippen LogP contribution in [0.1, 0.15) is 10.4 Å². The van der Waals surface area contributed by atoms with E-state index in [1.165, 1.54) is 24.5 Å². The van der Waals surface area contributed by atoms with Gasteiger partial charge in [0.1, 0.15) is 23.3 Å². The fraction of sp³-hybridized carbons (Fsp3) is 0. The van der Waals surface area contributed by atoms with Gasteiger partial charge in [0.05, 0.1) is 16.0 Å². The Kier molecular flexibility index (Phi) is 5.25. The Morgan fingerprint density at radius 3 is 2.41 bits per heavy atom. The molecule has 144 valence electrons. The molecule has 0 N–H and O–H groups in total. The van der Waals surface area contributed by atoms with Gasteiger partial charge in [-0.15, -0.1) is 0 Å². The maximum absolute atomic E-state index is 12.7. The van der Waals surface area contributed by atoms with Gasteiger partial charge in [-0.25, -0.2) is 4.79 Å². The van der Waals surface area contributed by atoms with Crippen LogP contribution < -0.4 is 14.9 Å². The van der Waals surface area contributed by atoms with Gasteiger partial charge in [-0.05, 0) is 48.5 Å². The molecule has 7 heteroatoms. The smallest absolute Gasteiger partial charge is 0.343 e. The lowest BCUT2D eigenvalue weighted by molar-refractivity contribution is 0.0735. The van der Waals surface area contributed by atoms with E-state index in [2.05, 4.69) is 0 Å². The van der Waals surface area contributed by atoms with Gasteiger partial charge in [-0.1, -0.05) is 35.3 Å². The number of carbonyl (C=O) groups is 1. The zero-order valence-electron chi connectivity index (χ0n) is 14.7. The lowest BCUT2D eigenvalue weighted by Gasteiger charge is -2.08. The molecule has 4 aromatic rings. The minimum absolute atomic E-state index is 0.00323. The number of ether oxygens (including phenoxy) is 2. The van der Waals surface area contributed by atoms with Crippen LogP contribution in [0.2, 0.25) is 10.0 Å². The van der Waals surface area contributed by atoms with Gasteiger partial charge in [-0.3, -0.25) is 4.79 Å². The maximum Gasteiger partial charge on any atom is 0.343 e. The highest BCUT2D eigenvalue weighted by molar-refractivity contribution is 6.32. The first-order valence-electron chi connectivity index (χ1n) is 8.47. The summed E-state index contributed by atoms with van der Waals surface area (Å²) in [5, 5.41) is 1.17. The van der Waals surface area contributed by atoms with Crippen molar-refractivity contribution in [2.45, 2.75) is 0 Å². The Labute approximate surface area is 175 Å².